The van der Waals surface area contributed by atoms with E-state index in [0.29, 0.717) is 12.8 Å². The van der Waals surface area contributed by atoms with E-state index in [2.05, 4.69) is 0 Å². The van der Waals surface area contributed by atoms with Gasteiger partial charge in [-0.25, -0.2) is 16.8 Å². The SMILES string of the molecule is CCOP(=O)(COCc1ccc(C(C)CC(CC)c2ccc(S(=O)(=O)NS(=O)(=O)C(F)(F)F)cc2)cc1)OCC. The Hall–Kier alpha value is -1.80. The van der Waals surface area contributed by atoms with Crippen LogP contribution >= 0.6 is 7.60 Å². The average molecular weight is 630 g/mol. The van der Waals surface area contributed by atoms with Crippen LogP contribution in [0.2, 0.25) is 0 Å². The Bertz CT molecular complexity index is 1340. The van der Waals surface area contributed by atoms with Gasteiger partial charge in [-0.1, -0.05) is 54.4 Å². The molecular weight excluding hydrogens is 594 g/mol. The van der Waals surface area contributed by atoms with Gasteiger partial charge in [0.2, 0.25) is 0 Å². The summed E-state index contributed by atoms with van der Waals surface area (Å²) in [6.07, 6.45) is 1.26. The van der Waals surface area contributed by atoms with E-state index in [1.807, 2.05) is 38.1 Å². The molecule has 0 aliphatic heterocycles. The van der Waals surface area contributed by atoms with Crippen molar-refractivity contribution in [2.45, 2.75) is 69.4 Å². The molecule has 0 bridgehead atoms. The van der Waals surface area contributed by atoms with E-state index in [9.17, 15) is 34.6 Å². The maximum Gasteiger partial charge on any atom is 0.512 e. The van der Waals surface area contributed by atoms with Crippen molar-refractivity contribution in [3.8, 4) is 0 Å². The highest BCUT2D eigenvalue weighted by Gasteiger charge is 2.48. The first kappa shape index (κ1) is 34.4. The molecule has 2 aromatic carbocycles. The third kappa shape index (κ3) is 9.64. The molecule has 2 unspecified atom stereocenters. The van der Waals surface area contributed by atoms with Gasteiger partial charge >= 0.3 is 23.1 Å². The van der Waals surface area contributed by atoms with E-state index in [1.54, 1.807) is 13.8 Å². The average Bonchev–Trinajstić information content (AvgIpc) is 2.86. The van der Waals surface area contributed by atoms with Crippen molar-refractivity contribution in [2.24, 2.45) is 0 Å². The zero-order valence-corrected chi connectivity index (χ0v) is 25.2. The van der Waals surface area contributed by atoms with Crippen molar-refractivity contribution in [3.63, 3.8) is 0 Å². The molecule has 2 atom stereocenters. The van der Waals surface area contributed by atoms with Crippen LogP contribution in [0.3, 0.4) is 0 Å². The van der Waals surface area contributed by atoms with Crippen LogP contribution in [0.4, 0.5) is 13.2 Å². The first-order valence-corrected chi connectivity index (χ1v) is 17.3. The second-order valence-corrected chi connectivity index (χ2v) is 14.6. The van der Waals surface area contributed by atoms with E-state index in [0.717, 1.165) is 33.0 Å². The molecule has 15 heteroatoms. The zero-order chi connectivity index (χ0) is 30.2. The lowest BCUT2D eigenvalue weighted by molar-refractivity contribution is -0.0441. The number of hydrogen-bond donors (Lipinski definition) is 1. The Morgan fingerprint density at radius 3 is 1.88 bits per heavy atom. The Morgan fingerprint density at radius 2 is 1.40 bits per heavy atom. The second kappa shape index (κ2) is 14.4. The lowest BCUT2D eigenvalue weighted by atomic mass is 9.84. The van der Waals surface area contributed by atoms with Crippen LogP contribution in [0.15, 0.2) is 53.4 Å². The molecule has 0 aromatic heterocycles. The predicted octanol–water partition coefficient (Wildman–Crippen LogP) is 6.24. The van der Waals surface area contributed by atoms with Crippen molar-refractivity contribution in [3.05, 3.63) is 65.2 Å². The summed E-state index contributed by atoms with van der Waals surface area (Å²) in [6, 6.07) is 12.8. The molecule has 0 aliphatic carbocycles. The van der Waals surface area contributed by atoms with Gasteiger partial charge < -0.3 is 13.8 Å². The Labute approximate surface area is 234 Å². The number of alkyl halides is 3. The molecule has 2 aromatic rings. The topological polar surface area (TPSA) is 125 Å². The van der Waals surface area contributed by atoms with Crippen LogP contribution in [0.1, 0.15) is 69.1 Å². The van der Waals surface area contributed by atoms with Crippen LogP contribution in [-0.2, 0) is 45.0 Å². The third-order valence-electron chi connectivity index (χ3n) is 6.04. The minimum absolute atomic E-state index is 0.00732. The fourth-order valence-electron chi connectivity index (χ4n) is 3.98. The van der Waals surface area contributed by atoms with Crippen molar-refractivity contribution >= 4 is 27.6 Å². The number of nitrogens with one attached hydrogen (secondary N) is 1. The molecule has 0 radical (unpaired) electrons. The minimum Gasteiger partial charge on any atom is -0.364 e. The number of rotatable bonds is 16. The van der Waals surface area contributed by atoms with Gasteiger partial charge in [-0.05, 0) is 67.3 Å². The quantitative estimate of drug-likeness (QED) is 0.216. The number of ether oxygens (including phenoxy) is 1. The summed E-state index contributed by atoms with van der Waals surface area (Å²) in [7, 11) is -14.3. The van der Waals surface area contributed by atoms with E-state index in [4.69, 9.17) is 13.8 Å². The van der Waals surface area contributed by atoms with E-state index in [1.165, 1.54) is 12.1 Å². The lowest BCUT2D eigenvalue weighted by Crippen LogP contribution is -2.40. The molecule has 40 heavy (non-hydrogen) atoms. The smallest absolute Gasteiger partial charge is 0.364 e. The first-order chi connectivity index (χ1) is 18.6. The maximum atomic E-state index is 12.6. The van der Waals surface area contributed by atoms with Gasteiger partial charge in [0.1, 0.15) is 6.35 Å². The molecule has 2 rings (SSSR count). The fraction of sp³-hybridized carbons (Fsp3) is 0.520. The van der Waals surface area contributed by atoms with Crippen LogP contribution in [0.25, 0.3) is 0 Å². The third-order valence-corrected chi connectivity index (χ3v) is 11.1. The Kier molecular flexibility index (Phi) is 12.4. The molecule has 0 amide bonds. The highest BCUT2D eigenvalue weighted by molar-refractivity contribution is 8.05. The standard InChI is InChI=1S/C25H35F3NO8PS2/c1-5-21(23-12-14-24(15-13-23)39(31,32)29-40(33,34)25(26,27)28)16-19(4)22-10-8-20(9-11-22)17-35-18-38(30,36-6-2)37-7-3/h8-15,19,21,29H,5-7,16-18H2,1-4H3. The lowest BCUT2D eigenvalue weighted by Gasteiger charge is -2.21. The summed E-state index contributed by atoms with van der Waals surface area (Å²) >= 11 is 0. The van der Waals surface area contributed by atoms with Crippen molar-refractivity contribution in [2.75, 3.05) is 19.6 Å². The molecule has 0 saturated carbocycles. The van der Waals surface area contributed by atoms with Crippen LogP contribution in [-0.4, -0.2) is 41.9 Å². The number of hydrogen-bond acceptors (Lipinski definition) is 8. The van der Waals surface area contributed by atoms with E-state index in [-0.39, 0.29) is 38.0 Å². The van der Waals surface area contributed by atoms with Gasteiger partial charge in [-0.3, -0.25) is 4.57 Å². The predicted molar refractivity (Wildman–Crippen MR) is 145 cm³/mol. The summed E-state index contributed by atoms with van der Waals surface area (Å²) in [6.45, 7) is 8.18. The molecule has 0 heterocycles. The summed E-state index contributed by atoms with van der Waals surface area (Å²) < 4.78 is 114. The molecule has 0 saturated heterocycles. The van der Waals surface area contributed by atoms with Gasteiger partial charge in [0.15, 0.2) is 0 Å². The largest absolute Gasteiger partial charge is 0.512 e. The van der Waals surface area contributed by atoms with Crippen LogP contribution < -0.4 is 4.13 Å². The van der Waals surface area contributed by atoms with Crippen molar-refractivity contribution < 1.29 is 48.4 Å². The van der Waals surface area contributed by atoms with E-state index < -0.39 is 38.0 Å². The summed E-state index contributed by atoms with van der Waals surface area (Å²) in [5.41, 5.74) is -3.06. The summed E-state index contributed by atoms with van der Waals surface area (Å²) in [5.74, 6) is 0.117. The van der Waals surface area contributed by atoms with Crippen LogP contribution in [0.5, 0.6) is 0 Å². The minimum atomic E-state index is -6.07. The first-order valence-electron chi connectivity index (χ1n) is 12.6. The summed E-state index contributed by atoms with van der Waals surface area (Å²) in [5, 5.41) is 0. The van der Waals surface area contributed by atoms with Gasteiger partial charge in [0.05, 0.1) is 24.7 Å². The number of halogens is 3. The van der Waals surface area contributed by atoms with Crippen LogP contribution in [0, 0.1) is 0 Å². The Balaban J connectivity index is 2.03. The molecule has 226 valence electrons. The van der Waals surface area contributed by atoms with Gasteiger partial charge in [-0.15, -0.1) is 0 Å². The van der Waals surface area contributed by atoms with E-state index >= 15 is 0 Å². The summed E-state index contributed by atoms with van der Waals surface area (Å²) in [4.78, 5) is -0.594. The maximum absolute atomic E-state index is 12.6. The molecular formula is C25H35F3NO8PS2. The Morgan fingerprint density at radius 1 is 0.875 bits per heavy atom. The molecule has 9 nitrogen and oxygen atoms in total. The highest BCUT2D eigenvalue weighted by Crippen LogP contribution is 2.48. The van der Waals surface area contributed by atoms with Gasteiger partial charge in [0.25, 0.3) is 10.0 Å². The van der Waals surface area contributed by atoms with Gasteiger partial charge in [0, 0.05) is 0 Å². The number of sulfonamides is 2. The monoisotopic (exact) mass is 629 g/mol. The van der Waals surface area contributed by atoms with Gasteiger partial charge in [-0.2, -0.15) is 13.2 Å². The molecule has 0 spiro atoms. The molecule has 0 fully saturated rings. The zero-order valence-electron chi connectivity index (χ0n) is 22.7. The highest BCUT2D eigenvalue weighted by atomic mass is 32.3. The molecule has 0 aliphatic rings. The number of benzene rings is 2. The normalized spacial score (nSPS) is 14.7. The fourth-order valence-corrected chi connectivity index (χ4v) is 7.72. The second-order valence-electron chi connectivity index (χ2n) is 9.01. The van der Waals surface area contributed by atoms with Crippen molar-refractivity contribution in [1.82, 2.24) is 4.13 Å². The molecule has 1 N–H and O–H groups in total. The van der Waals surface area contributed by atoms with Crippen molar-refractivity contribution in [1.29, 1.82) is 0 Å².